The number of nitrogens with one attached hydrogen (secondary N) is 1. The van der Waals surface area contributed by atoms with Gasteiger partial charge in [0, 0.05) is 19.6 Å². The molecule has 7 nitrogen and oxygen atoms in total. The lowest BCUT2D eigenvalue weighted by Gasteiger charge is -2.33. The minimum Gasteiger partial charge on any atom is -0.493 e. The van der Waals surface area contributed by atoms with E-state index in [1.165, 1.54) is 12.8 Å². The minimum absolute atomic E-state index is 0. The highest BCUT2D eigenvalue weighted by Gasteiger charge is 2.27. The molecular weight excluding hydrogens is 521 g/mol. The first kappa shape index (κ1) is 26.5. The van der Waals surface area contributed by atoms with Gasteiger partial charge in [0.25, 0.3) is 0 Å². The number of benzene rings is 1. The van der Waals surface area contributed by atoms with Crippen molar-refractivity contribution in [2.75, 3.05) is 33.4 Å². The van der Waals surface area contributed by atoms with Crippen molar-refractivity contribution in [1.29, 1.82) is 0 Å². The number of hydrogen-bond donors (Lipinski definition) is 1. The number of rotatable bonds is 8. The van der Waals surface area contributed by atoms with Crippen LogP contribution in [0.1, 0.15) is 57.9 Å². The third-order valence-corrected chi connectivity index (χ3v) is 5.98. The summed E-state index contributed by atoms with van der Waals surface area (Å²) in [6.45, 7) is 7.33. The van der Waals surface area contributed by atoms with Crippen LogP contribution >= 0.6 is 24.0 Å². The summed E-state index contributed by atoms with van der Waals surface area (Å²) in [4.78, 5) is 19.1. The highest BCUT2D eigenvalue weighted by atomic mass is 127. The van der Waals surface area contributed by atoms with Crippen LogP contribution in [0.25, 0.3) is 0 Å². The van der Waals surface area contributed by atoms with Gasteiger partial charge >= 0.3 is 5.97 Å². The van der Waals surface area contributed by atoms with Gasteiger partial charge < -0.3 is 24.4 Å². The normalized spacial score (nSPS) is 17.6. The van der Waals surface area contributed by atoms with E-state index in [4.69, 9.17) is 19.2 Å². The van der Waals surface area contributed by atoms with E-state index in [2.05, 4.69) is 23.2 Å². The Morgan fingerprint density at radius 3 is 2.47 bits per heavy atom. The molecule has 1 aliphatic carbocycles. The summed E-state index contributed by atoms with van der Waals surface area (Å²) in [5.74, 6) is 2.39. The molecule has 32 heavy (non-hydrogen) atoms. The second-order valence-corrected chi connectivity index (χ2v) is 8.19. The number of halogens is 1. The fraction of sp³-hybridized carbons (Fsp3) is 0.667. The fourth-order valence-electron chi connectivity index (χ4n) is 4.28. The molecule has 0 aromatic heterocycles. The van der Waals surface area contributed by atoms with Gasteiger partial charge in [0.2, 0.25) is 0 Å². The summed E-state index contributed by atoms with van der Waals surface area (Å²) in [6.07, 6.45) is 6.56. The summed E-state index contributed by atoms with van der Waals surface area (Å²) in [6, 6.07) is 6.06. The Hall–Kier alpha value is -1.71. The molecular formula is C24H38IN3O4. The summed E-state index contributed by atoms with van der Waals surface area (Å²) in [5, 5.41) is 3.39. The van der Waals surface area contributed by atoms with Crippen molar-refractivity contribution in [2.24, 2.45) is 10.9 Å². The van der Waals surface area contributed by atoms with Crippen LogP contribution in [0.2, 0.25) is 0 Å². The van der Waals surface area contributed by atoms with E-state index < -0.39 is 0 Å². The maximum atomic E-state index is 12.0. The largest absolute Gasteiger partial charge is 0.493 e. The first-order valence-electron chi connectivity index (χ1n) is 11.7. The first-order chi connectivity index (χ1) is 15.1. The van der Waals surface area contributed by atoms with E-state index in [9.17, 15) is 4.79 Å². The third-order valence-electron chi connectivity index (χ3n) is 5.98. The molecule has 0 radical (unpaired) electrons. The molecule has 1 aromatic carbocycles. The molecule has 0 unspecified atom stereocenters. The zero-order valence-electron chi connectivity index (χ0n) is 19.6. The highest BCUT2D eigenvalue weighted by Crippen LogP contribution is 2.32. The van der Waals surface area contributed by atoms with Crippen molar-refractivity contribution in [3.05, 3.63) is 23.8 Å². The molecule has 1 aliphatic heterocycles. The maximum Gasteiger partial charge on any atom is 0.309 e. The average Bonchev–Trinajstić information content (AvgIpc) is 3.30. The van der Waals surface area contributed by atoms with Crippen LogP contribution in [0.3, 0.4) is 0 Å². The second kappa shape index (κ2) is 13.7. The lowest BCUT2D eigenvalue weighted by molar-refractivity contribution is -0.149. The zero-order valence-corrected chi connectivity index (χ0v) is 21.9. The van der Waals surface area contributed by atoms with Crippen molar-refractivity contribution < 1.29 is 19.0 Å². The second-order valence-electron chi connectivity index (χ2n) is 8.19. The summed E-state index contributed by atoms with van der Waals surface area (Å²) < 4.78 is 16.9. The van der Waals surface area contributed by atoms with Gasteiger partial charge in [-0.15, -0.1) is 24.0 Å². The number of nitrogens with zero attached hydrogens (tertiary/aromatic N) is 2. The smallest absolute Gasteiger partial charge is 0.309 e. The van der Waals surface area contributed by atoms with Gasteiger partial charge in [0.15, 0.2) is 17.5 Å². The number of esters is 1. The van der Waals surface area contributed by atoms with Crippen LogP contribution in [-0.4, -0.2) is 56.3 Å². The summed E-state index contributed by atoms with van der Waals surface area (Å²) in [7, 11) is 1.68. The van der Waals surface area contributed by atoms with Crippen molar-refractivity contribution in [2.45, 2.75) is 65.0 Å². The van der Waals surface area contributed by atoms with Gasteiger partial charge in [-0.2, -0.15) is 0 Å². The number of ether oxygens (including phenoxy) is 3. The Balaban J connectivity index is 0.00000363. The predicted octanol–water partition coefficient (Wildman–Crippen LogP) is 4.38. The number of guanidine groups is 1. The van der Waals surface area contributed by atoms with Gasteiger partial charge in [-0.05, 0) is 70.1 Å². The molecule has 0 atom stereocenters. The molecule has 1 heterocycles. The lowest BCUT2D eigenvalue weighted by Crippen LogP contribution is -2.46. The van der Waals surface area contributed by atoms with E-state index >= 15 is 0 Å². The summed E-state index contributed by atoms with van der Waals surface area (Å²) >= 11 is 0. The van der Waals surface area contributed by atoms with Gasteiger partial charge in [-0.3, -0.25) is 4.79 Å². The van der Waals surface area contributed by atoms with Gasteiger partial charge in [0.05, 0.1) is 32.3 Å². The average molecular weight is 559 g/mol. The number of piperidine rings is 1. The molecule has 2 fully saturated rings. The Labute approximate surface area is 209 Å². The molecule has 8 heteroatoms. The fourth-order valence-corrected chi connectivity index (χ4v) is 4.28. The molecule has 0 bridgehead atoms. The van der Waals surface area contributed by atoms with E-state index in [1.807, 2.05) is 19.1 Å². The Morgan fingerprint density at radius 1 is 1.12 bits per heavy atom. The standard InChI is InChI=1S/C24H37N3O4.HI/c1-4-25-24(27-14-12-19(13-15-27)23(28)30-5-2)26-17-18-10-11-21(29-3)22(16-18)31-20-8-6-7-9-20;/h10-11,16,19-20H,4-9,12-15,17H2,1-3H3,(H,25,26);1H. The molecule has 1 N–H and O–H groups in total. The molecule has 180 valence electrons. The predicted molar refractivity (Wildman–Crippen MR) is 137 cm³/mol. The monoisotopic (exact) mass is 559 g/mol. The first-order valence-corrected chi connectivity index (χ1v) is 11.7. The van der Waals surface area contributed by atoms with Crippen LogP contribution < -0.4 is 14.8 Å². The summed E-state index contributed by atoms with van der Waals surface area (Å²) in [5.41, 5.74) is 1.09. The van der Waals surface area contributed by atoms with E-state index in [0.29, 0.717) is 13.2 Å². The quantitative estimate of drug-likeness (QED) is 0.221. The molecule has 0 spiro atoms. The number of hydrogen-bond acceptors (Lipinski definition) is 5. The van der Waals surface area contributed by atoms with E-state index in [1.54, 1.807) is 7.11 Å². The van der Waals surface area contributed by atoms with E-state index in [0.717, 1.165) is 68.3 Å². The van der Waals surface area contributed by atoms with Crippen molar-refractivity contribution in [3.63, 3.8) is 0 Å². The van der Waals surface area contributed by atoms with E-state index in [-0.39, 0.29) is 42.0 Å². The van der Waals surface area contributed by atoms with Gasteiger partial charge in [-0.1, -0.05) is 6.07 Å². The van der Waals surface area contributed by atoms with Gasteiger partial charge in [-0.25, -0.2) is 4.99 Å². The third kappa shape index (κ3) is 7.42. The molecule has 1 saturated heterocycles. The maximum absolute atomic E-state index is 12.0. The van der Waals surface area contributed by atoms with Crippen molar-refractivity contribution in [1.82, 2.24) is 10.2 Å². The molecule has 2 aliphatic rings. The number of carbonyl (C=O) groups is 1. The van der Waals surface area contributed by atoms with Crippen LogP contribution in [0.4, 0.5) is 0 Å². The zero-order chi connectivity index (χ0) is 22.1. The number of methoxy groups -OCH3 is 1. The van der Waals surface area contributed by atoms with Crippen molar-refractivity contribution >= 4 is 35.9 Å². The van der Waals surface area contributed by atoms with Crippen LogP contribution in [0.15, 0.2) is 23.2 Å². The highest BCUT2D eigenvalue weighted by molar-refractivity contribution is 14.0. The SMILES string of the molecule is CCNC(=NCc1ccc(OC)c(OC2CCCC2)c1)N1CCC(C(=O)OCC)CC1.I. The Morgan fingerprint density at radius 2 is 1.84 bits per heavy atom. The molecule has 1 saturated carbocycles. The van der Waals surface area contributed by atoms with Crippen LogP contribution in [0.5, 0.6) is 11.5 Å². The molecule has 1 aromatic rings. The van der Waals surface area contributed by atoms with Crippen LogP contribution in [-0.2, 0) is 16.1 Å². The van der Waals surface area contributed by atoms with Gasteiger partial charge in [0.1, 0.15) is 0 Å². The lowest BCUT2D eigenvalue weighted by atomic mass is 9.97. The Kier molecular flexibility index (Phi) is 11.4. The van der Waals surface area contributed by atoms with Crippen LogP contribution in [0, 0.1) is 5.92 Å². The number of likely N-dealkylation sites (tertiary alicyclic amines) is 1. The van der Waals surface area contributed by atoms with Crippen molar-refractivity contribution in [3.8, 4) is 11.5 Å². The topological polar surface area (TPSA) is 72.4 Å². The molecule has 3 rings (SSSR count). The Bertz CT molecular complexity index is 745. The number of aliphatic imine (C=N–C) groups is 1. The molecule has 0 amide bonds. The minimum atomic E-state index is -0.0721. The number of carbonyl (C=O) groups excluding carboxylic acids is 1.